The fraction of sp³-hybridized carbons (Fsp3) is 0.267. The molecule has 0 aliphatic carbocycles. The predicted molar refractivity (Wildman–Crippen MR) is 73.7 cm³/mol. The molecule has 4 nitrogen and oxygen atoms in total. The van der Waals surface area contributed by atoms with Crippen LogP contribution in [0.1, 0.15) is 23.0 Å². The van der Waals surface area contributed by atoms with Gasteiger partial charge in [-0.2, -0.15) is 0 Å². The zero-order chi connectivity index (χ0) is 15.6. The molecule has 0 aliphatic heterocycles. The molecule has 0 saturated carbocycles. The van der Waals surface area contributed by atoms with E-state index in [0.29, 0.717) is 11.8 Å². The Morgan fingerprint density at radius 3 is 2.67 bits per heavy atom. The molecule has 0 spiro atoms. The highest BCUT2D eigenvalue weighted by Crippen LogP contribution is 2.23. The highest BCUT2D eigenvalue weighted by molar-refractivity contribution is 5.92. The van der Waals surface area contributed by atoms with Gasteiger partial charge in [0, 0.05) is 24.9 Å². The summed E-state index contributed by atoms with van der Waals surface area (Å²) in [6.45, 7) is 1.16. The normalized spacial score (nSPS) is 13.8. The third-order valence-corrected chi connectivity index (χ3v) is 3.28. The number of carbonyl (C=O) groups excluding carboxylic acids is 1. The van der Waals surface area contributed by atoms with Crippen LogP contribution in [-0.2, 0) is 12.6 Å². The van der Waals surface area contributed by atoms with E-state index >= 15 is 0 Å². The van der Waals surface area contributed by atoms with Crippen LogP contribution in [-0.4, -0.2) is 22.1 Å². The summed E-state index contributed by atoms with van der Waals surface area (Å²) >= 11 is 0. The van der Waals surface area contributed by atoms with Gasteiger partial charge in [-0.3, -0.25) is 4.79 Å². The fourth-order valence-electron chi connectivity index (χ4n) is 2.06. The van der Waals surface area contributed by atoms with Crippen molar-refractivity contribution >= 4 is 5.91 Å². The Labute approximate surface area is 121 Å². The lowest BCUT2D eigenvalue weighted by Crippen LogP contribution is -2.39. The lowest BCUT2D eigenvalue weighted by Gasteiger charge is -2.24. The van der Waals surface area contributed by atoms with Gasteiger partial charge < -0.3 is 15.0 Å². The van der Waals surface area contributed by atoms with Crippen molar-refractivity contribution in [1.82, 2.24) is 9.88 Å². The smallest absolute Gasteiger partial charge is 0.268 e. The van der Waals surface area contributed by atoms with Crippen LogP contribution >= 0.6 is 0 Å². The molecule has 2 aromatic rings. The van der Waals surface area contributed by atoms with Crippen LogP contribution in [0, 0.1) is 11.6 Å². The molecule has 0 bridgehead atoms. The molecular formula is C15H16F2N2O2. The molecule has 1 heterocycles. The zero-order valence-corrected chi connectivity index (χ0v) is 11.7. The van der Waals surface area contributed by atoms with Crippen molar-refractivity contribution in [3.05, 3.63) is 59.4 Å². The van der Waals surface area contributed by atoms with Gasteiger partial charge in [-0.05, 0) is 25.1 Å². The van der Waals surface area contributed by atoms with E-state index in [4.69, 9.17) is 0 Å². The van der Waals surface area contributed by atoms with E-state index in [1.807, 2.05) is 0 Å². The van der Waals surface area contributed by atoms with Crippen molar-refractivity contribution in [2.75, 3.05) is 6.54 Å². The molecule has 21 heavy (non-hydrogen) atoms. The highest BCUT2D eigenvalue weighted by atomic mass is 19.1. The van der Waals surface area contributed by atoms with Crippen molar-refractivity contribution < 1.29 is 18.7 Å². The van der Waals surface area contributed by atoms with Crippen LogP contribution in [0.3, 0.4) is 0 Å². The Morgan fingerprint density at radius 1 is 1.38 bits per heavy atom. The minimum atomic E-state index is -1.64. The number of nitrogens with one attached hydrogen (secondary N) is 1. The minimum absolute atomic E-state index is 0.0731. The van der Waals surface area contributed by atoms with E-state index < -0.39 is 17.2 Å². The third kappa shape index (κ3) is 3.28. The summed E-state index contributed by atoms with van der Waals surface area (Å²) in [5.41, 5.74) is -1.29. The Balaban J connectivity index is 2.11. The van der Waals surface area contributed by atoms with E-state index in [-0.39, 0.29) is 18.0 Å². The first-order valence-electron chi connectivity index (χ1n) is 6.39. The molecular weight excluding hydrogens is 278 g/mol. The summed E-state index contributed by atoms with van der Waals surface area (Å²) in [5.74, 6) is -1.96. The standard InChI is InChI=1S/C15H16F2N2O2/c1-15(21,11-6-5-10(16)8-12(11)17)9-18-14(20)13-4-3-7-19(13)2/h3-8,21H,9H2,1-2H3,(H,18,20)/t15-/m1/s1. The van der Waals surface area contributed by atoms with Crippen LogP contribution in [0.15, 0.2) is 36.5 Å². The summed E-state index contributed by atoms with van der Waals surface area (Å²) in [7, 11) is 1.71. The van der Waals surface area contributed by atoms with Crippen molar-refractivity contribution in [1.29, 1.82) is 0 Å². The topological polar surface area (TPSA) is 54.3 Å². The average molecular weight is 294 g/mol. The number of rotatable bonds is 4. The first-order chi connectivity index (χ1) is 9.81. The number of aliphatic hydroxyl groups is 1. The SMILES string of the molecule is Cn1cccc1C(=O)NC[C@@](C)(O)c1ccc(F)cc1F. The third-order valence-electron chi connectivity index (χ3n) is 3.28. The molecule has 0 unspecified atom stereocenters. The molecule has 1 aromatic heterocycles. The van der Waals surface area contributed by atoms with Gasteiger partial charge in [-0.1, -0.05) is 6.07 Å². The second-order valence-corrected chi connectivity index (χ2v) is 5.09. The van der Waals surface area contributed by atoms with Gasteiger partial charge in [-0.25, -0.2) is 8.78 Å². The second kappa shape index (κ2) is 5.65. The molecule has 0 fully saturated rings. The largest absolute Gasteiger partial charge is 0.383 e. The monoisotopic (exact) mass is 294 g/mol. The van der Waals surface area contributed by atoms with E-state index in [9.17, 15) is 18.7 Å². The van der Waals surface area contributed by atoms with Gasteiger partial charge in [-0.15, -0.1) is 0 Å². The second-order valence-electron chi connectivity index (χ2n) is 5.09. The van der Waals surface area contributed by atoms with E-state index in [2.05, 4.69) is 5.32 Å². The number of benzene rings is 1. The van der Waals surface area contributed by atoms with Crippen molar-refractivity contribution in [3.63, 3.8) is 0 Å². The predicted octanol–water partition coefficient (Wildman–Crippen LogP) is 1.94. The van der Waals surface area contributed by atoms with Gasteiger partial charge in [0.25, 0.3) is 5.91 Å². The van der Waals surface area contributed by atoms with Crippen LogP contribution in [0.4, 0.5) is 8.78 Å². The van der Waals surface area contributed by atoms with Gasteiger partial charge in [0.1, 0.15) is 22.9 Å². The number of aromatic nitrogens is 1. The van der Waals surface area contributed by atoms with Crippen molar-refractivity contribution in [2.24, 2.45) is 7.05 Å². The van der Waals surface area contributed by atoms with E-state index in [1.54, 1.807) is 29.9 Å². The highest BCUT2D eigenvalue weighted by Gasteiger charge is 2.27. The van der Waals surface area contributed by atoms with Gasteiger partial charge in [0.05, 0.1) is 6.54 Å². The minimum Gasteiger partial charge on any atom is -0.383 e. The first kappa shape index (κ1) is 15.2. The van der Waals surface area contributed by atoms with Crippen LogP contribution in [0.5, 0.6) is 0 Å². The Hall–Kier alpha value is -2.21. The van der Waals surface area contributed by atoms with Gasteiger partial charge >= 0.3 is 0 Å². The molecule has 0 saturated heterocycles. The molecule has 112 valence electrons. The lowest BCUT2D eigenvalue weighted by atomic mass is 9.95. The maximum atomic E-state index is 13.7. The Bertz CT molecular complexity index is 665. The Morgan fingerprint density at radius 2 is 2.10 bits per heavy atom. The summed E-state index contributed by atoms with van der Waals surface area (Å²) in [4.78, 5) is 11.9. The van der Waals surface area contributed by atoms with Crippen LogP contribution < -0.4 is 5.32 Å². The van der Waals surface area contributed by atoms with E-state index in [0.717, 1.165) is 6.07 Å². The fourth-order valence-corrected chi connectivity index (χ4v) is 2.06. The lowest BCUT2D eigenvalue weighted by molar-refractivity contribution is 0.0492. The van der Waals surface area contributed by atoms with E-state index in [1.165, 1.54) is 13.0 Å². The number of hydrogen-bond donors (Lipinski definition) is 2. The number of aryl methyl sites for hydroxylation is 1. The first-order valence-corrected chi connectivity index (χ1v) is 6.39. The quantitative estimate of drug-likeness (QED) is 0.905. The number of hydrogen-bond acceptors (Lipinski definition) is 2. The molecule has 0 aliphatic rings. The molecule has 0 radical (unpaired) electrons. The molecule has 2 N–H and O–H groups in total. The number of carbonyl (C=O) groups is 1. The summed E-state index contributed by atoms with van der Waals surface area (Å²) in [5, 5.41) is 12.8. The Kier molecular flexibility index (Phi) is 4.09. The summed E-state index contributed by atoms with van der Waals surface area (Å²) in [6.07, 6.45) is 1.71. The van der Waals surface area contributed by atoms with Crippen LogP contribution in [0.2, 0.25) is 0 Å². The van der Waals surface area contributed by atoms with Gasteiger partial charge in [0.2, 0.25) is 0 Å². The van der Waals surface area contributed by atoms with Crippen molar-refractivity contribution in [3.8, 4) is 0 Å². The molecule has 1 amide bonds. The van der Waals surface area contributed by atoms with Gasteiger partial charge in [0.15, 0.2) is 0 Å². The molecule has 2 rings (SSSR count). The summed E-state index contributed by atoms with van der Waals surface area (Å²) < 4.78 is 28.2. The number of halogens is 2. The van der Waals surface area contributed by atoms with Crippen LogP contribution in [0.25, 0.3) is 0 Å². The molecule has 1 atom stereocenters. The molecule has 6 heteroatoms. The zero-order valence-electron chi connectivity index (χ0n) is 11.7. The number of nitrogens with zero attached hydrogens (tertiary/aromatic N) is 1. The average Bonchev–Trinajstić information content (AvgIpc) is 2.82. The van der Waals surface area contributed by atoms with Crippen molar-refractivity contribution in [2.45, 2.75) is 12.5 Å². The molecule has 1 aromatic carbocycles. The number of amides is 1. The maximum Gasteiger partial charge on any atom is 0.268 e. The summed E-state index contributed by atoms with van der Waals surface area (Å²) in [6, 6.07) is 6.27. The maximum absolute atomic E-state index is 13.7.